The standard InChI is InChI=1S/C19H20FNO3/c1-24-19(23)13-17(15-5-3-2-4-6-15)21-18(22)12-9-14-7-10-16(20)11-8-14/h2-8,10-11,17H,9,12-13H2,1H3,(H,21,22)/t17-/m0/s1. The van der Waals surface area contributed by atoms with Gasteiger partial charge in [-0.25, -0.2) is 4.39 Å². The molecular weight excluding hydrogens is 309 g/mol. The van der Waals surface area contributed by atoms with Crippen LogP contribution in [0.2, 0.25) is 0 Å². The van der Waals surface area contributed by atoms with E-state index < -0.39 is 6.04 Å². The third-order valence-corrected chi connectivity index (χ3v) is 3.69. The van der Waals surface area contributed by atoms with Gasteiger partial charge in [-0.1, -0.05) is 42.5 Å². The lowest BCUT2D eigenvalue weighted by Gasteiger charge is -2.18. The number of carbonyl (C=O) groups is 2. The van der Waals surface area contributed by atoms with Gasteiger partial charge >= 0.3 is 5.97 Å². The molecule has 0 saturated carbocycles. The van der Waals surface area contributed by atoms with Gasteiger partial charge in [-0.15, -0.1) is 0 Å². The van der Waals surface area contributed by atoms with Crippen LogP contribution in [0.5, 0.6) is 0 Å². The van der Waals surface area contributed by atoms with E-state index in [9.17, 15) is 14.0 Å². The largest absolute Gasteiger partial charge is 0.469 e. The normalized spacial score (nSPS) is 11.6. The van der Waals surface area contributed by atoms with E-state index in [4.69, 9.17) is 4.74 Å². The van der Waals surface area contributed by atoms with Gasteiger partial charge in [-0.05, 0) is 29.7 Å². The monoisotopic (exact) mass is 329 g/mol. The fourth-order valence-corrected chi connectivity index (χ4v) is 2.36. The van der Waals surface area contributed by atoms with Crippen molar-refractivity contribution in [1.29, 1.82) is 0 Å². The molecule has 24 heavy (non-hydrogen) atoms. The quantitative estimate of drug-likeness (QED) is 0.794. The zero-order valence-electron chi connectivity index (χ0n) is 13.5. The van der Waals surface area contributed by atoms with Crippen LogP contribution >= 0.6 is 0 Å². The second-order valence-electron chi connectivity index (χ2n) is 5.44. The number of nitrogens with one attached hydrogen (secondary N) is 1. The predicted molar refractivity (Wildman–Crippen MR) is 88.7 cm³/mol. The van der Waals surface area contributed by atoms with Crippen LogP contribution < -0.4 is 5.32 Å². The van der Waals surface area contributed by atoms with E-state index >= 15 is 0 Å². The van der Waals surface area contributed by atoms with Crippen molar-refractivity contribution < 1.29 is 18.7 Å². The molecule has 0 spiro atoms. The van der Waals surface area contributed by atoms with Crippen molar-refractivity contribution in [1.82, 2.24) is 5.32 Å². The van der Waals surface area contributed by atoms with Crippen LogP contribution in [0.1, 0.15) is 30.0 Å². The highest BCUT2D eigenvalue weighted by atomic mass is 19.1. The summed E-state index contributed by atoms with van der Waals surface area (Å²) in [7, 11) is 1.32. The average molecular weight is 329 g/mol. The number of benzene rings is 2. The third-order valence-electron chi connectivity index (χ3n) is 3.69. The Morgan fingerprint density at radius 3 is 2.38 bits per heavy atom. The first kappa shape index (κ1) is 17.7. The van der Waals surface area contributed by atoms with E-state index in [-0.39, 0.29) is 30.5 Å². The van der Waals surface area contributed by atoms with Crippen molar-refractivity contribution in [3.05, 3.63) is 71.5 Å². The number of halogens is 1. The van der Waals surface area contributed by atoms with Gasteiger partial charge in [0.25, 0.3) is 0 Å². The van der Waals surface area contributed by atoms with E-state index in [0.717, 1.165) is 11.1 Å². The van der Waals surface area contributed by atoms with Crippen LogP contribution in [0.3, 0.4) is 0 Å². The first-order valence-electron chi connectivity index (χ1n) is 7.74. The number of hydrogen-bond acceptors (Lipinski definition) is 3. The SMILES string of the molecule is COC(=O)C[C@H](NC(=O)CCc1ccc(F)cc1)c1ccccc1. The van der Waals surface area contributed by atoms with E-state index in [2.05, 4.69) is 5.32 Å². The Morgan fingerprint density at radius 2 is 1.75 bits per heavy atom. The Balaban J connectivity index is 1.96. The molecule has 0 aliphatic heterocycles. The van der Waals surface area contributed by atoms with Crippen molar-refractivity contribution in [3.8, 4) is 0 Å². The summed E-state index contributed by atoms with van der Waals surface area (Å²) >= 11 is 0. The molecule has 0 heterocycles. The molecule has 2 aromatic rings. The molecule has 0 aliphatic carbocycles. The second kappa shape index (κ2) is 8.82. The molecule has 1 amide bonds. The number of amides is 1. The number of carbonyl (C=O) groups excluding carboxylic acids is 2. The van der Waals surface area contributed by atoms with Crippen LogP contribution in [0.25, 0.3) is 0 Å². The summed E-state index contributed by atoms with van der Waals surface area (Å²) in [5.41, 5.74) is 1.73. The van der Waals surface area contributed by atoms with Crippen molar-refractivity contribution >= 4 is 11.9 Å². The Morgan fingerprint density at radius 1 is 1.08 bits per heavy atom. The van der Waals surface area contributed by atoms with Crippen molar-refractivity contribution in [2.45, 2.75) is 25.3 Å². The van der Waals surface area contributed by atoms with Gasteiger partial charge in [-0.2, -0.15) is 0 Å². The van der Waals surface area contributed by atoms with Gasteiger partial charge in [0.2, 0.25) is 5.91 Å². The van der Waals surface area contributed by atoms with E-state index in [0.29, 0.717) is 6.42 Å². The highest BCUT2D eigenvalue weighted by Crippen LogP contribution is 2.17. The predicted octanol–water partition coefficient (Wildman–Crippen LogP) is 3.18. The average Bonchev–Trinajstić information content (AvgIpc) is 2.61. The van der Waals surface area contributed by atoms with Crippen LogP contribution in [0.4, 0.5) is 4.39 Å². The number of methoxy groups -OCH3 is 1. The molecule has 0 saturated heterocycles. The maximum absolute atomic E-state index is 12.9. The van der Waals surface area contributed by atoms with Crippen molar-refractivity contribution in [3.63, 3.8) is 0 Å². The number of esters is 1. The highest BCUT2D eigenvalue weighted by Gasteiger charge is 2.18. The lowest BCUT2D eigenvalue weighted by molar-refractivity contribution is -0.141. The topological polar surface area (TPSA) is 55.4 Å². The molecule has 1 N–H and O–H groups in total. The summed E-state index contributed by atoms with van der Waals surface area (Å²) in [5, 5.41) is 2.87. The maximum Gasteiger partial charge on any atom is 0.307 e. The van der Waals surface area contributed by atoms with Crippen LogP contribution in [0, 0.1) is 5.82 Å². The summed E-state index contributed by atoms with van der Waals surface area (Å²) in [6, 6.07) is 14.9. The minimum Gasteiger partial charge on any atom is -0.469 e. The molecule has 0 bridgehead atoms. The Kier molecular flexibility index (Phi) is 6.49. The van der Waals surface area contributed by atoms with Gasteiger partial charge in [0.15, 0.2) is 0 Å². The molecule has 1 atom stereocenters. The zero-order valence-corrected chi connectivity index (χ0v) is 13.5. The van der Waals surface area contributed by atoms with Gasteiger partial charge < -0.3 is 10.1 Å². The first-order valence-corrected chi connectivity index (χ1v) is 7.74. The molecule has 2 aromatic carbocycles. The second-order valence-corrected chi connectivity index (χ2v) is 5.44. The van der Waals surface area contributed by atoms with E-state index in [1.54, 1.807) is 12.1 Å². The van der Waals surface area contributed by atoms with Crippen LogP contribution in [-0.2, 0) is 20.7 Å². The Labute approximate surface area is 140 Å². The van der Waals surface area contributed by atoms with Crippen molar-refractivity contribution in [2.75, 3.05) is 7.11 Å². The van der Waals surface area contributed by atoms with Crippen LogP contribution in [0.15, 0.2) is 54.6 Å². The number of aryl methyl sites for hydroxylation is 1. The van der Waals surface area contributed by atoms with E-state index in [1.165, 1.54) is 19.2 Å². The summed E-state index contributed by atoms with van der Waals surface area (Å²) < 4.78 is 17.6. The molecule has 0 radical (unpaired) electrons. The highest BCUT2D eigenvalue weighted by molar-refractivity contribution is 5.78. The molecule has 0 unspecified atom stereocenters. The molecule has 0 aliphatic rings. The molecule has 0 fully saturated rings. The van der Waals surface area contributed by atoms with E-state index in [1.807, 2.05) is 30.3 Å². The molecule has 5 heteroatoms. The van der Waals surface area contributed by atoms with Gasteiger partial charge in [-0.3, -0.25) is 9.59 Å². The summed E-state index contributed by atoms with van der Waals surface area (Å²) in [5.74, 6) is -0.856. The number of rotatable bonds is 7. The van der Waals surface area contributed by atoms with Gasteiger partial charge in [0.05, 0.1) is 19.6 Å². The minimum atomic E-state index is -0.431. The molecular formula is C19H20FNO3. The molecule has 0 aromatic heterocycles. The summed E-state index contributed by atoms with van der Waals surface area (Å²) in [6.45, 7) is 0. The number of hydrogen-bond donors (Lipinski definition) is 1. The van der Waals surface area contributed by atoms with Gasteiger partial charge in [0.1, 0.15) is 5.82 Å². The maximum atomic E-state index is 12.9. The summed E-state index contributed by atoms with van der Waals surface area (Å²) in [6.07, 6.45) is 0.838. The molecule has 2 rings (SSSR count). The third kappa shape index (κ3) is 5.50. The van der Waals surface area contributed by atoms with Gasteiger partial charge in [0, 0.05) is 6.42 Å². The smallest absolute Gasteiger partial charge is 0.307 e. The zero-order chi connectivity index (χ0) is 17.4. The summed E-state index contributed by atoms with van der Waals surface area (Å²) in [4.78, 5) is 23.8. The van der Waals surface area contributed by atoms with Crippen molar-refractivity contribution in [2.24, 2.45) is 0 Å². The molecule has 4 nitrogen and oxygen atoms in total. The lowest BCUT2D eigenvalue weighted by Crippen LogP contribution is -2.30. The Bertz CT molecular complexity index is 671. The minimum absolute atomic E-state index is 0.0722. The fourth-order valence-electron chi connectivity index (χ4n) is 2.36. The fraction of sp³-hybridized carbons (Fsp3) is 0.263. The lowest BCUT2D eigenvalue weighted by atomic mass is 10.0. The first-order chi connectivity index (χ1) is 11.6. The molecule has 126 valence electrons. The van der Waals surface area contributed by atoms with Crippen LogP contribution in [-0.4, -0.2) is 19.0 Å². The number of ether oxygens (including phenoxy) is 1. The Hall–Kier alpha value is -2.69.